The van der Waals surface area contributed by atoms with Gasteiger partial charge in [-0.3, -0.25) is 4.79 Å². The van der Waals surface area contributed by atoms with Crippen molar-refractivity contribution in [3.05, 3.63) is 98.4 Å². The van der Waals surface area contributed by atoms with Crippen LogP contribution in [0.4, 0.5) is 10.1 Å². The number of carbonyl (C=O) groups is 2. The van der Waals surface area contributed by atoms with Gasteiger partial charge in [0.05, 0.1) is 23.5 Å². The fourth-order valence-electron chi connectivity index (χ4n) is 5.71. The highest BCUT2D eigenvalue weighted by Gasteiger charge is 2.52. The number of aliphatic hydroxyl groups is 2. The van der Waals surface area contributed by atoms with Crippen LogP contribution in [0.5, 0.6) is 11.5 Å². The molecule has 0 radical (unpaired) electrons. The highest BCUT2D eigenvalue weighted by atomic mass is 19.1. The van der Waals surface area contributed by atoms with E-state index in [1.807, 2.05) is 19.9 Å². The van der Waals surface area contributed by atoms with Gasteiger partial charge in [-0.25, -0.2) is 14.0 Å². The minimum Gasteiger partial charge on any atom is -0.505 e. The Morgan fingerprint density at radius 3 is 2.49 bits per heavy atom. The Morgan fingerprint density at radius 2 is 1.86 bits per heavy atom. The topological polar surface area (TPSA) is 181 Å². The molecule has 13 heteroatoms. The van der Waals surface area contributed by atoms with Gasteiger partial charge in [0.2, 0.25) is 6.29 Å². The zero-order valence-corrected chi connectivity index (χ0v) is 27.9. The van der Waals surface area contributed by atoms with Crippen LogP contribution in [0.25, 0.3) is 11.0 Å². The first-order valence-electron chi connectivity index (χ1n) is 15.6. The van der Waals surface area contributed by atoms with Crippen molar-refractivity contribution < 1.29 is 47.9 Å². The van der Waals surface area contributed by atoms with E-state index >= 15 is 0 Å². The second-order valence-electron chi connectivity index (χ2n) is 12.8. The first-order valence-corrected chi connectivity index (χ1v) is 15.6. The lowest BCUT2D eigenvalue weighted by atomic mass is 9.81. The summed E-state index contributed by atoms with van der Waals surface area (Å²) in [5.41, 5.74) is -0.339. The number of halogens is 1. The number of fused-ring (bicyclic) bond motifs is 1. The van der Waals surface area contributed by atoms with Crippen molar-refractivity contribution in [1.82, 2.24) is 4.98 Å². The summed E-state index contributed by atoms with van der Waals surface area (Å²) in [6, 6.07) is 9.99. The van der Waals surface area contributed by atoms with E-state index in [0.717, 1.165) is 17.3 Å². The quantitative estimate of drug-likeness (QED) is 0.0913. The molecule has 0 saturated carbocycles. The van der Waals surface area contributed by atoms with Gasteiger partial charge in [0.25, 0.3) is 5.91 Å². The number of esters is 1. The van der Waals surface area contributed by atoms with E-state index in [2.05, 4.69) is 10.3 Å². The number of amides is 1. The van der Waals surface area contributed by atoms with Crippen molar-refractivity contribution in [1.29, 1.82) is 0 Å². The third-order valence-corrected chi connectivity index (χ3v) is 8.59. The standard InChI is InChI=1S/C36H39FN2O10/c1-17(2)7-9-20-10-11-21(15-24(20)37)32(43)39-27-28(41)22-12-14-26(19(4)30(22)47-34(27)45)46-35-29(42)31(23(16-40)36(5,6)49-35)48-33(44)25-13-8-18(3)38-25/h7-8,10-15,23,29,31,35,38,40-42H,9,16H2,1-6H3,(H,39,43)/t23-,29-,31-,35-/m1/s1. The maximum absolute atomic E-state index is 14.7. The van der Waals surface area contributed by atoms with E-state index in [-0.39, 0.29) is 33.5 Å². The summed E-state index contributed by atoms with van der Waals surface area (Å²) in [5, 5.41) is 34.8. The third kappa shape index (κ3) is 7.24. The van der Waals surface area contributed by atoms with Gasteiger partial charge in [-0.1, -0.05) is 17.7 Å². The fourth-order valence-corrected chi connectivity index (χ4v) is 5.71. The molecule has 2 aromatic heterocycles. The number of carbonyl (C=O) groups excluding carboxylic acids is 2. The molecule has 5 rings (SSSR count). The molecule has 1 aliphatic rings. The number of aromatic amines is 1. The fraction of sp³-hybridized carbons (Fsp3) is 0.361. The molecule has 0 unspecified atom stereocenters. The van der Waals surface area contributed by atoms with Gasteiger partial charge in [-0.2, -0.15) is 0 Å². The number of aryl methyl sites for hydroxylation is 2. The largest absolute Gasteiger partial charge is 0.505 e. The van der Waals surface area contributed by atoms with Crippen LogP contribution in [0.1, 0.15) is 65.4 Å². The second-order valence-corrected chi connectivity index (χ2v) is 12.8. The van der Waals surface area contributed by atoms with Gasteiger partial charge >= 0.3 is 11.6 Å². The van der Waals surface area contributed by atoms with Crippen LogP contribution in [0.15, 0.2) is 63.3 Å². The summed E-state index contributed by atoms with van der Waals surface area (Å²) in [7, 11) is 0. The smallest absolute Gasteiger partial charge is 0.364 e. The Balaban J connectivity index is 1.39. The minimum absolute atomic E-state index is 0.0573. The van der Waals surface area contributed by atoms with Gasteiger partial charge in [-0.15, -0.1) is 0 Å². The van der Waals surface area contributed by atoms with Crippen molar-refractivity contribution in [3.63, 3.8) is 0 Å². The number of anilines is 1. The van der Waals surface area contributed by atoms with Crippen LogP contribution >= 0.6 is 0 Å². The number of aromatic hydroxyl groups is 1. The average Bonchev–Trinajstić information content (AvgIpc) is 3.48. The molecule has 49 heavy (non-hydrogen) atoms. The van der Waals surface area contributed by atoms with Crippen LogP contribution in [0.2, 0.25) is 0 Å². The molecule has 1 saturated heterocycles. The molecule has 5 N–H and O–H groups in total. The molecule has 0 aliphatic carbocycles. The average molecular weight is 679 g/mol. The number of aromatic nitrogens is 1. The summed E-state index contributed by atoms with van der Waals surface area (Å²) in [4.78, 5) is 41.7. The highest BCUT2D eigenvalue weighted by Crippen LogP contribution is 2.40. The Bertz CT molecular complexity index is 1990. The molecule has 1 aliphatic heterocycles. The van der Waals surface area contributed by atoms with E-state index < -0.39 is 71.4 Å². The lowest BCUT2D eigenvalue weighted by Gasteiger charge is -2.47. The first kappa shape index (κ1) is 35.3. The number of aliphatic hydroxyl groups excluding tert-OH is 2. The second kappa shape index (κ2) is 13.9. The Morgan fingerprint density at radius 1 is 1.12 bits per heavy atom. The molecule has 2 aromatic carbocycles. The SMILES string of the molecule is CC(C)=CCc1ccc(C(=O)Nc2c(O)c3ccc(O[C@@H]4OC(C)(C)[C@H](CO)[C@@H](OC(=O)c5ccc(C)[nH]5)[C@H]4O)c(C)c3oc2=O)cc1F. The van der Waals surface area contributed by atoms with Crippen LogP contribution in [0, 0.1) is 25.6 Å². The zero-order chi connectivity index (χ0) is 35.8. The molecular formula is C36H39FN2O10. The third-order valence-electron chi connectivity index (χ3n) is 8.59. The van der Waals surface area contributed by atoms with E-state index in [4.69, 9.17) is 18.6 Å². The van der Waals surface area contributed by atoms with Gasteiger partial charge in [0, 0.05) is 16.8 Å². The molecule has 0 bridgehead atoms. The van der Waals surface area contributed by atoms with E-state index in [1.54, 1.807) is 39.8 Å². The lowest BCUT2D eigenvalue weighted by molar-refractivity contribution is -0.291. The van der Waals surface area contributed by atoms with E-state index in [9.17, 15) is 34.1 Å². The first-order chi connectivity index (χ1) is 23.1. The maximum atomic E-state index is 14.7. The van der Waals surface area contributed by atoms with Crippen molar-refractivity contribution in [2.24, 2.45) is 5.92 Å². The van der Waals surface area contributed by atoms with Gasteiger partial charge in [-0.05, 0) is 89.9 Å². The van der Waals surface area contributed by atoms with Crippen LogP contribution in [-0.2, 0) is 15.9 Å². The monoisotopic (exact) mass is 678 g/mol. The normalized spacial score (nSPS) is 20.1. The summed E-state index contributed by atoms with van der Waals surface area (Å²) < 4.78 is 37.9. The van der Waals surface area contributed by atoms with Crippen molar-refractivity contribution >= 4 is 28.5 Å². The van der Waals surface area contributed by atoms with Crippen molar-refractivity contribution in [2.75, 3.05) is 11.9 Å². The van der Waals surface area contributed by atoms with Crippen LogP contribution < -0.4 is 15.7 Å². The molecule has 260 valence electrons. The zero-order valence-electron chi connectivity index (χ0n) is 27.9. The molecule has 0 spiro atoms. The lowest BCUT2D eigenvalue weighted by Crippen LogP contribution is -2.62. The summed E-state index contributed by atoms with van der Waals surface area (Å²) in [6.45, 7) is 9.94. The molecule has 4 atom stereocenters. The molecule has 12 nitrogen and oxygen atoms in total. The van der Waals surface area contributed by atoms with Crippen molar-refractivity contribution in [2.45, 2.75) is 72.1 Å². The molecule has 1 amide bonds. The van der Waals surface area contributed by atoms with Gasteiger partial charge in [0.1, 0.15) is 28.9 Å². The molecule has 3 heterocycles. The van der Waals surface area contributed by atoms with Crippen LogP contribution in [-0.4, -0.2) is 62.9 Å². The number of nitrogens with one attached hydrogen (secondary N) is 2. The number of allylic oxidation sites excluding steroid dienone is 2. The number of rotatable bonds is 9. The highest BCUT2D eigenvalue weighted by molar-refractivity contribution is 6.06. The predicted molar refractivity (Wildman–Crippen MR) is 177 cm³/mol. The predicted octanol–water partition coefficient (Wildman–Crippen LogP) is 5.05. The Labute approximate surface area is 281 Å². The minimum atomic E-state index is -1.55. The van der Waals surface area contributed by atoms with Gasteiger partial charge < -0.3 is 44.2 Å². The number of hydrogen-bond acceptors (Lipinski definition) is 10. The van der Waals surface area contributed by atoms with Crippen LogP contribution in [0.3, 0.4) is 0 Å². The van der Waals surface area contributed by atoms with Gasteiger partial charge in [0.15, 0.2) is 17.5 Å². The Kier molecular flexibility index (Phi) is 10.00. The molecule has 1 fully saturated rings. The molecular weight excluding hydrogens is 639 g/mol. The Hall–Kier alpha value is -4.98. The maximum Gasteiger partial charge on any atom is 0.364 e. The molecule has 4 aromatic rings. The number of H-pyrrole nitrogens is 1. The van der Waals surface area contributed by atoms with Crippen molar-refractivity contribution in [3.8, 4) is 11.5 Å². The van der Waals surface area contributed by atoms with E-state index in [0.29, 0.717) is 12.0 Å². The summed E-state index contributed by atoms with van der Waals surface area (Å²) in [5.74, 6) is -3.47. The summed E-state index contributed by atoms with van der Waals surface area (Å²) >= 11 is 0. The summed E-state index contributed by atoms with van der Waals surface area (Å²) in [6.07, 6.45) is -1.97. The van der Waals surface area contributed by atoms with E-state index in [1.165, 1.54) is 24.3 Å². The number of benzene rings is 2. The number of hydrogen-bond donors (Lipinski definition) is 5. The number of ether oxygens (including phenoxy) is 3.